The molecule has 1 aromatic carbocycles. The minimum absolute atomic E-state index is 0.00770. The van der Waals surface area contributed by atoms with E-state index in [-0.39, 0.29) is 40.0 Å². The molecule has 106 valence electrons. The number of nitrogens with two attached hydrogens (primary N) is 1. The van der Waals surface area contributed by atoms with Crippen molar-refractivity contribution < 1.29 is 18.7 Å². The number of carbonyl (C=O) groups is 1. The SMILES string of the molecule is N#CC1=C(N)OC2=C(C(=O)OC2)[C@@H]1c1c(F)cccc1Cl. The predicted molar refractivity (Wildman–Crippen MR) is 70.0 cm³/mol. The molecule has 2 aliphatic rings. The van der Waals surface area contributed by atoms with Gasteiger partial charge >= 0.3 is 5.97 Å². The lowest BCUT2D eigenvalue weighted by atomic mass is 9.83. The summed E-state index contributed by atoms with van der Waals surface area (Å²) in [5.74, 6) is -2.33. The molecule has 7 heteroatoms. The maximum Gasteiger partial charge on any atom is 0.339 e. The lowest BCUT2D eigenvalue weighted by Gasteiger charge is -2.24. The van der Waals surface area contributed by atoms with E-state index in [2.05, 4.69) is 0 Å². The van der Waals surface area contributed by atoms with Crippen molar-refractivity contribution in [2.45, 2.75) is 5.92 Å². The summed E-state index contributed by atoms with van der Waals surface area (Å²) in [5.41, 5.74) is 5.69. The third-order valence-corrected chi connectivity index (χ3v) is 3.67. The Morgan fingerprint density at radius 3 is 2.90 bits per heavy atom. The number of rotatable bonds is 1. The van der Waals surface area contributed by atoms with Crippen LogP contribution in [-0.4, -0.2) is 12.6 Å². The molecule has 5 nitrogen and oxygen atoms in total. The van der Waals surface area contributed by atoms with Crippen molar-refractivity contribution in [1.29, 1.82) is 5.26 Å². The van der Waals surface area contributed by atoms with E-state index in [4.69, 9.17) is 26.8 Å². The Kier molecular flexibility index (Phi) is 3.07. The van der Waals surface area contributed by atoms with Crippen LogP contribution in [0.4, 0.5) is 4.39 Å². The predicted octanol–water partition coefficient (Wildman–Crippen LogP) is 2.10. The number of halogens is 2. The van der Waals surface area contributed by atoms with Gasteiger partial charge in [0.15, 0.2) is 5.76 Å². The fourth-order valence-corrected chi connectivity index (χ4v) is 2.70. The molecule has 0 aliphatic carbocycles. The van der Waals surface area contributed by atoms with Crippen LogP contribution in [0.3, 0.4) is 0 Å². The average Bonchev–Trinajstić information content (AvgIpc) is 2.79. The van der Waals surface area contributed by atoms with Crippen molar-refractivity contribution in [3.05, 3.63) is 57.4 Å². The zero-order valence-corrected chi connectivity index (χ0v) is 11.3. The van der Waals surface area contributed by atoms with Crippen molar-refractivity contribution in [1.82, 2.24) is 0 Å². The number of ether oxygens (including phenoxy) is 2. The summed E-state index contributed by atoms with van der Waals surface area (Å²) < 4.78 is 24.3. The Labute approximate surface area is 124 Å². The van der Waals surface area contributed by atoms with E-state index in [1.54, 1.807) is 0 Å². The van der Waals surface area contributed by atoms with E-state index in [0.717, 1.165) is 0 Å². The molecule has 0 aromatic heterocycles. The zero-order chi connectivity index (χ0) is 15.1. The van der Waals surface area contributed by atoms with Crippen LogP contribution in [-0.2, 0) is 14.3 Å². The topological polar surface area (TPSA) is 85.3 Å². The number of allylic oxidation sites excluding steroid dienone is 1. The summed E-state index contributed by atoms with van der Waals surface area (Å²) in [4.78, 5) is 11.9. The van der Waals surface area contributed by atoms with Gasteiger partial charge in [-0.15, -0.1) is 0 Å². The van der Waals surface area contributed by atoms with Gasteiger partial charge in [-0.1, -0.05) is 17.7 Å². The molecule has 0 fully saturated rings. The van der Waals surface area contributed by atoms with E-state index < -0.39 is 17.7 Å². The number of benzene rings is 1. The van der Waals surface area contributed by atoms with Gasteiger partial charge in [-0.2, -0.15) is 5.26 Å². The first-order chi connectivity index (χ1) is 10.0. The Balaban J connectivity index is 2.27. The minimum Gasteiger partial charge on any atom is -0.454 e. The van der Waals surface area contributed by atoms with Gasteiger partial charge in [0.25, 0.3) is 0 Å². The highest BCUT2D eigenvalue weighted by Crippen LogP contribution is 2.44. The molecule has 2 aliphatic heterocycles. The molecule has 21 heavy (non-hydrogen) atoms. The normalized spacial score (nSPS) is 20.8. The fourth-order valence-electron chi connectivity index (χ4n) is 2.43. The molecule has 1 aromatic rings. The van der Waals surface area contributed by atoms with Crippen molar-refractivity contribution in [3.8, 4) is 6.07 Å². The van der Waals surface area contributed by atoms with Crippen LogP contribution in [0.1, 0.15) is 11.5 Å². The summed E-state index contributed by atoms with van der Waals surface area (Å²) in [7, 11) is 0. The molecule has 0 saturated carbocycles. The molecule has 0 radical (unpaired) electrons. The van der Waals surface area contributed by atoms with Crippen molar-refractivity contribution >= 4 is 17.6 Å². The van der Waals surface area contributed by atoms with Crippen LogP contribution in [0.5, 0.6) is 0 Å². The van der Waals surface area contributed by atoms with Gasteiger partial charge < -0.3 is 15.2 Å². The Morgan fingerprint density at radius 2 is 2.24 bits per heavy atom. The number of cyclic esters (lactones) is 1. The summed E-state index contributed by atoms with van der Waals surface area (Å²) in [6.07, 6.45) is 0. The maximum absolute atomic E-state index is 14.2. The van der Waals surface area contributed by atoms with E-state index in [1.807, 2.05) is 6.07 Å². The fraction of sp³-hybridized carbons (Fsp3) is 0.143. The highest BCUT2D eigenvalue weighted by molar-refractivity contribution is 6.31. The molecular formula is C14H8ClFN2O3. The number of carbonyl (C=O) groups excluding carboxylic acids is 1. The molecule has 0 saturated heterocycles. The molecule has 0 bridgehead atoms. The average molecular weight is 307 g/mol. The number of esters is 1. The molecule has 0 unspecified atom stereocenters. The number of nitrogens with zero attached hydrogens (tertiary/aromatic N) is 1. The molecule has 0 spiro atoms. The second-order valence-corrected chi connectivity index (χ2v) is 4.88. The van der Waals surface area contributed by atoms with Gasteiger partial charge in [-0.05, 0) is 12.1 Å². The number of hydrogen-bond donors (Lipinski definition) is 1. The Hall–Kier alpha value is -2.52. The number of hydrogen-bond acceptors (Lipinski definition) is 5. The van der Waals surface area contributed by atoms with E-state index in [9.17, 15) is 14.4 Å². The first-order valence-corrected chi connectivity index (χ1v) is 6.34. The largest absolute Gasteiger partial charge is 0.454 e. The van der Waals surface area contributed by atoms with Crippen LogP contribution in [0.15, 0.2) is 41.0 Å². The summed E-state index contributed by atoms with van der Waals surface area (Å²) >= 11 is 6.04. The molecule has 2 heterocycles. The highest BCUT2D eigenvalue weighted by Gasteiger charge is 2.43. The second kappa shape index (κ2) is 4.79. The van der Waals surface area contributed by atoms with Gasteiger partial charge in [0, 0.05) is 10.6 Å². The highest BCUT2D eigenvalue weighted by atomic mass is 35.5. The lowest BCUT2D eigenvalue weighted by molar-refractivity contribution is -0.136. The van der Waals surface area contributed by atoms with Gasteiger partial charge in [-0.25, -0.2) is 9.18 Å². The Bertz CT molecular complexity index is 744. The van der Waals surface area contributed by atoms with E-state index in [1.165, 1.54) is 18.2 Å². The van der Waals surface area contributed by atoms with Crippen LogP contribution >= 0.6 is 11.6 Å². The smallest absolute Gasteiger partial charge is 0.339 e. The standard InChI is InChI=1S/C14H8ClFN2O3/c15-7-2-1-3-8(16)11(7)10-6(4-17)13(18)21-9-5-20-14(19)12(9)10/h1-3,10H,5,18H2/t10-/m0/s1. The van der Waals surface area contributed by atoms with Crippen molar-refractivity contribution in [2.24, 2.45) is 5.73 Å². The first-order valence-electron chi connectivity index (χ1n) is 5.96. The first kappa shape index (κ1) is 13.5. The third kappa shape index (κ3) is 1.94. The minimum atomic E-state index is -1.03. The zero-order valence-electron chi connectivity index (χ0n) is 10.5. The molecule has 1 atom stereocenters. The molecular weight excluding hydrogens is 299 g/mol. The lowest BCUT2D eigenvalue weighted by Crippen LogP contribution is -2.22. The van der Waals surface area contributed by atoms with Gasteiger partial charge in [0.2, 0.25) is 5.88 Å². The summed E-state index contributed by atoms with van der Waals surface area (Å²) in [6.45, 7) is -0.101. The van der Waals surface area contributed by atoms with Crippen LogP contribution in [0.25, 0.3) is 0 Å². The van der Waals surface area contributed by atoms with Crippen LogP contribution < -0.4 is 5.73 Å². The third-order valence-electron chi connectivity index (χ3n) is 3.34. The van der Waals surface area contributed by atoms with E-state index >= 15 is 0 Å². The maximum atomic E-state index is 14.2. The second-order valence-electron chi connectivity index (χ2n) is 4.47. The van der Waals surface area contributed by atoms with E-state index in [0.29, 0.717) is 0 Å². The van der Waals surface area contributed by atoms with Gasteiger partial charge in [0.1, 0.15) is 24.1 Å². The Morgan fingerprint density at radius 1 is 1.48 bits per heavy atom. The molecule has 2 N–H and O–H groups in total. The van der Waals surface area contributed by atoms with Crippen molar-refractivity contribution in [3.63, 3.8) is 0 Å². The quantitative estimate of drug-likeness (QED) is 0.803. The number of nitriles is 1. The molecule has 3 rings (SSSR count). The van der Waals surface area contributed by atoms with Gasteiger partial charge in [0.05, 0.1) is 11.5 Å². The van der Waals surface area contributed by atoms with Gasteiger partial charge in [-0.3, -0.25) is 0 Å². The monoisotopic (exact) mass is 306 g/mol. The summed E-state index contributed by atoms with van der Waals surface area (Å²) in [6, 6.07) is 5.95. The van der Waals surface area contributed by atoms with Crippen molar-refractivity contribution in [2.75, 3.05) is 6.61 Å². The molecule has 0 amide bonds. The van der Waals surface area contributed by atoms with Crippen LogP contribution in [0, 0.1) is 17.1 Å². The summed E-state index contributed by atoms with van der Waals surface area (Å²) in [5, 5.41) is 9.36. The van der Waals surface area contributed by atoms with Crippen LogP contribution in [0.2, 0.25) is 5.02 Å².